The fraction of sp³-hybridized carbons (Fsp3) is 0.467. The van der Waals surface area contributed by atoms with Crippen molar-refractivity contribution in [2.45, 2.75) is 39.5 Å². The highest BCUT2D eigenvalue weighted by Gasteiger charge is 2.14. The molecule has 0 aliphatic heterocycles. The second-order valence-corrected chi connectivity index (χ2v) is 6.67. The maximum atomic E-state index is 5.35. The van der Waals surface area contributed by atoms with E-state index in [2.05, 4.69) is 50.4 Å². The summed E-state index contributed by atoms with van der Waals surface area (Å²) in [7, 11) is 1.76. The van der Waals surface area contributed by atoms with Gasteiger partial charge in [0.25, 0.3) is 0 Å². The lowest BCUT2D eigenvalue weighted by atomic mass is 10.1. The second-order valence-electron chi connectivity index (χ2n) is 5.54. The number of nitrogens with one attached hydrogen (secondary N) is 1. The van der Waals surface area contributed by atoms with Crippen molar-refractivity contribution >= 4 is 21.4 Å². The number of benzene rings is 1. The Labute approximate surface area is 113 Å². The fourth-order valence-electron chi connectivity index (χ4n) is 1.94. The monoisotopic (exact) mass is 263 g/mol. The van der Waals surface area contributed by atoms with Crippen LogP contribution in [0.2, 0.25) is 0 Å². The molecule has 2 rings (SSSR count). The maximum absolute atomic E-state index is 5.35. The molecule has 1 heterocycles. The summed E-state index contributed by atoms with van der Waals surface area (Å²) < 4.78 is 6.69. The molecule has 1 N–H and O–H groups in total. The number of thiophene rings is 1. The molecule has 0 amide bonds. The Balaban J connectivity index is 2.33. The predicted octanol–water partition coefficient (Wildman–Crippen LogP) is 3.94. The molecule has 1 aromatic heterocycles. The zero-order valence-corrected chi connectivity index (χ0v) is 12.4. The molecule has 2 nitrogen and oxygen atoms in total. The van der Waals surface area contributed by atoms with E-state index >= 15 is 0 Å². The predicted molar refractivity (Wildman–Crippen MR) is 79.1 cm³/mol. The first-order chi connectivity index (χ1) is 8.51. The van der Waals surface area contributed by atoms with Crippen LogP contribution in [0.5, 0.6) is 0 Å². The van der Waals surface area contributed by atoms with Gasteiger partial charge in [-0.15, -0.1) is 11.3 Å². The quantitative estimate of drug-likeness (QED) is 0.902. The van der Waals surface area contributed by atoms with Crippen molar-refractivity contribution in [1.82, 2.24) is 5.32 Å². The van der Waals surface area contributed by atoms with Crippen LogP contribution in [-0.2, 0) is 17.9 Å². The van der Waals surface area contributed by atoms with Crippen LogP contribution in [0.3, 0.4) is 0 Å². The van der Waals surface area contributed by atoms with Crippen LogP contribution in [0.15, 0.2) is 24.3 Å². The lowest BCUT2D eigenvalue weighted by Gasteiger charge is -2.20. The van der Waals surface area contributed by atoms with Gasteiger partial charge in [-0.05, 0) is 32.2 Å². The number of hydrogen-bond donors (Lipinski definition) is 1. The number of hydrogen-bond acceptors (Lipinski definition) is 3. The smallest absolute Gasteiger partial charge is 0.0730 e. The second kappa shape index (κ2) is 5.39. The topological polar surface area (TPSA) is 21.3 Å². The SMILES string of the molecule is COCc1c(CNC(C)(C)C)sc2ccccc12. The van der Waals surface area contributed by atoms with Crippen LogP contribution < -0.4 is 5.32 Å². The van der Waals surface area contributed by atoms with Gasteiger partial charge < -0.3 is 10.1 Å². The van der Waals surface area contributed by atoms with Crippen molar-refractivity contribution in [1.29, 1.82) is 0 Å². The molecule has 0 radical (unpaired) electrons. The van der Waals surface area contributed by atoms with Gasteiger partial charge in [0.05, 0.1) is 6.61 Å². The molecule has 0 saturated heterocycles. The van der Waals surface area contributed by atoms with E-state index < -0.39 is 0 Å². The molecule has 0 fully saturated rings. The van der Waals surface area contributed by atoms with E-state index in [0.717, 1.165) is 6.54 Å². The molecule has 0 bridgehead atoms. The van der Waals surface area contributed by atoms with Crippen LogP contribution in [0, 0.1) is 0 Å². The highest BCUT2D eigenvalue weighted by molar-refractivity contribution is 7.19. The van der Waals surface area contributed by atoms with E-state index in [4.69, 9.17) is 4.74 Å². The molecular weight excluding hydrogens is 242 g/mol. The zero-order valence-electron chi connectivity index (χ0n) is 11.5. The molecule has 3 heteroatoms. The van der Waals surface area contributed by atoms with E-state index in [9.17, 15) is 0 Å². The van der Waals surface area contributed by atoms with Gasteiger partial charge in [-0.2, -0.15) is 0 Å². The van der Waals surface area contributed by atoms with Gasteiger partial charge in [0.2, 0.25) is 0 Å². The molecule has 0 aliphatic rings. The van der Waals surface area contributed by atoms with Crippen LogP contribution in [0.1, 0.15) is 31.2 Å². The van der Waals surface area contributed by atoms with Crippen molar-refractivity contribution in [3.05, 3.63) is 34.7 Å². The van der Waals surface area contributed by atoms with E-state index in [1.807, 2.05) is 11.3 Å². The number of methoxy groups -OCH3 is 1. The third-order valence-electron chi connectivity index (χ3n) is 2.85. The Bertz CT molecular complexity index is 525. The standard InChI is InChI=1S/C15H21NOS/c1-15(2,3)16-9-14-12(10-17-4)11-7-5-6-8-13(11)18-14/h5-8,16H,9-10H2,1-4H3. The van der Waals surface area contributed by atoms with Crippen LogP contribution in [0.4, 0.5) is 0 Å². The largest absolute Gasteiger partial charge is 0.380 e. The first-order valence-electron chi connectivity index (χ1n) is 6.24. The van der Waals surface area contributed by atoms with Crippen LogP contribution in [0.25, 0.3) is 10.1 Å². The van der Waals surface area contributed by atoms with Gasteiger partial charge in [-0.3, -0.25) is 0 Å². The van der Waals surface area contributed by atoms with Gasteiger partial charge in [-0.25, -0.2) is 0 Å². The minimum Gasteiger partial charge on any atom is -0.380 e. The average Bonchev–Trinajstić information content (AvgIpc) is 2.65. The molecule has 0 spiro atoms. The van der Waals surface area contributed by atoms with Gasteiger partial charge in [0, 0.05) is 34.3 Å². The van der Waals surface area contributed by atoms with Crippen molar-refractivity contribution in [3.8, 4) is 0 Å². The first kappa shape index (κ1) is 13.5. The molecular formula is C15H21NOS. The highest BCUT2D eigenvalue weighted by Crippen LogP contribution is 2.32. The lowest BCUT2D eigenvalue weighted by molar-refractivity contribution is 0.185. The molecule has 0 unspecified atom stereocenters. The molecule has 0 saturated carbocycles. The minimum atomic E-state index is 0.139. The molecule has 0 atom stereocenters. The highest BCUT2D eigenvalue weighted by atomic mass is 32.1. The number of ether oxygens (including phenoxy) is 1. The van der Waals surface area contributed by atoms with E-state index in [0.29, 0.717) is 6.61 Å². The van der Waals surface area contributed by atoms with Crippen molar-refractivity contribution in [2.75, 3.05) is 7.11 Å². The van der Waals surface area contributed by atoms with Crippen molar-refractivity contribution < 1.29 is 4.74 Å². The molecule has 2 aromatic rings. The van der Waals surface area contributed by atoms with Crippen LogP contribution in [-0.4, -0.2) is 12.6 Å². The van der Waals surface area contributed by atoms with Crippen molar-refractivity contribution in [2.24, 2.45) is 0 Å². The van der Waals surface area contributed by atoms with E-state index in [-0.39, 0.29) is 5.54 Å². The Kier molecular flexibility index (Phi) is 4.05. The Morgan fingerprint density at radius 1 is 1.22 bits per heavy atom. The Morgan fingerprint density at radius 3 is 2.61 bits per heavy atom. The third kappa shape index (κ3) is 3.10. The van der Waals surface area contributed by atoms with Gasteiger partial charge in [0.1, 0.15) is 0 Å². The molecule has 0 aliphatic carbocycles. The zero-order chi connectivity index (χ0) is 13.2. The van der Waals surface area contributed by atoms with Gasteiger partial charge >= 0.3 is 0 Å². The molecule has 18 heavy (non-hydrogen) atoms. The molecule has 98 valence electrons. The first-order valence-corrected chi connectivity index (χ1v) is 7.06. The number of rotatable bonds is 4. The summed E-state index contributed by atoms with van der Waals surface area (Å²) in [5.74, 6) is 0. The lowest BCUT2D eigenvalue weighted by Crippen LogP contribution is -2.35. The third-order valence-corrected chi connectivity index (χ3v) is 4.06. The summed E-state index contributed by atoms with van der Waals surface area (Å²) in [5, 5.41) is 4.88. The van der Waals surface area contributed by atoms with Gasteiger partial charge in [0.15, 0.2) is 0 Å². The summed E-state index contributed by atoms with van der Waals surface area (Å²) in [4.78, 5) is 1.38. The maximum Gasteiger partial charge on any atom is 0.0730 e. The fourth-order valence-corrected chi connectivity index (χ4v) is 3.09. The van der Waals surface area contributed by atoms with Crippen LogP contribution >= 0.6 is 11.3 Å². The normalized spacial score (nSPS) is 12.2. The Morgan fingerprint density at radius 2 is 1.94 bits per heavy atom. The summed E-state index contributed by atoms with van der Waals surface area (Å²) >= 11 is 1.86. The minimum absolute atomic E-state index is 0.139. The molecule has 1 aromatic carbocycles. The summed E-state index contributed by atoms with van der Waals surface area (Å²) in [6.07, 6.45) is 0. The van der Waals surface area contributed by atoms with Crippen molar-refractivity contribution in [3.63, 3.8) is 0 Å². The summed E-state index contributed by atoms with van der Waals surface area (Å²) in [5.41, 5.74) is 1.47. The van der Waals surface area contributed by atoms with E-state index in [1.165, 1.54) is 20.5 Å². The number of fused-ring (bicyclic) bond motifs is 1. The Hall–Kier alpha value is -0.900. The summed E-state index contributed by atoms with van der Waals surface area (Å²) in [6, 6.07) is 8.55. The van der Waals surface area contributed by atoms with E-state index in [1.54, 1.807) is 7.11 Å². The summed E-state index contributed by atoms with van der Waals surface area (Å²) in [6.45, 7) is 8.16. The average molecular weight is 263 g/mol. The van der Waals surface area contributed by atoms with Gasteiger partial charge in [-0.1, -0.05) is 18.2 Å².